The van der Waals surface area contributed by atoms with Crippen molar-refractivity contribution in [3.63, 3.8) is 0 Å². The molecule has 1 aliphatic rings. The van der Waals surface area contributed by atoms with Gasteiger partial charge in [-0.3, -0.25) is 4.68 Å². The minimum atomic E-state index is 0.231. The van der Waals surface area contributed by atoms with Crippen LogP contribution in [0.15, 0.2) is 12.4 Å². The molecule has 2 aromatic heterocycles. The highest BCUT2D eigenvalue weighted by Crippen LogP contribution is 2.21. The van der Waals surface area contributed by atoms with Gasteiger partial charge in [0.15, 0.2) is 5.82 Å². The summed E-state index contributed by atoms with van der Waals surface area (Å²) in [6.45, 7) is 1.96. The predicted octanol–water partition coefficient (Wildman–Crippen LogP) is 1.92. The van der Waals surface area contributed by atoms with Gasteiger partial charge in [0.25, 0.3) is 0 Å². The third-order valence-electron chi connectivity index (χ3n) is 3.20. The Morgan fingerprint density at radius 1 is 1.11 bits per heavy atom. The number of hydrogen-bond donors (Lipinski definition) is 0. The molecule has 0 aromatic carbocycles. The Hall–Kier alpha value is -1.69. The van der Waals surface area contributed by atoms with Gasteiger partial charge in [-0.1, -0.05) is 0 Å². The number of aromatic nitrogens is 5. The zero-order valence-corrected chi connectivity index (χ0v) is 11.5. The second kappa shape index (κ2) is 5.13. The third-order valence-corrected chi connectivity index (χ3v) is 3.37. The summed E-state index contributed by atoms with van der Waals surface area (Å²) < 4.78 is 1.72. The first kappa shape index (κ1) is 12.3. The van der Waals surface area contributed by atoms with E-state index in [0.29, 0.717) is 11.8 Å². The van der Waals surface area contributed by atoms with Crippen LogP contribution in [0.5, 0.6) is 0 Å². The van der Waals surface area contributed by atoms with E-state index in [2.05, 4.69) is 25.0 Å². The molecule has 0 aliphatic carbocycles. The molecule has 19 heavy (non-hydrogen) atoms. The molecule has 0 spiro atoms. The topological polar surface area (TPSA) is 59.7 Å². The Bertz CT molecular complexity index is 575. The standard InChI is InChI=1S/C12H15ClN6/c1-18-8-9(7-14-18)10-15-11(13)17-12(16-10)19-5-3-2-4-6-19/h7-8H,2-6H2,1H3. The van der Waals surface area contributed by atoms with Gasteiger partial charge in [0.1, 0.15) is 0 Å². The number of rotatable bonds is 2. The monoisotopic (exact) mass is 278 g/mol. The summed E-state index contributed by atoms with van der Waals surface area (Å²) in [7, 11) is 1.86. The molecule has 0 unspecified atom stereocenters. The molecule has 2 aromatic rings. The lowest BCUT2D eigenvalue weighted by atomic mass is 10.1. The molecule has 0 atom stereocenters. The van der Waals surface area contributed by atoms with Crippen molar-refractivity contribution in [2.75, 3.05) is 18.0 Å². The van der Waals surface area contributed by atoms with Gasteiger partial charge in [0, 0.05) is 26.3 Å². The van der Waals surface area contributed by atoms with Gasteiger partial charge in [-0.2, -0.15) is 20.1 Å². The van der Waals surface area contributed by atoms with Crippen LogP contribution in [0.4, 0.5) is 5.95 Å². The molecule has 0 N–H and O–H groups in total. The molecule has 0 radical (unpaired) electrons. The Kier molecular flexibility index (Phi) is 3.33. The molecular formula is C12H15ClN6. The molecule has 0 amide bonds. The van der Waals surface area contributed by atoms with Gasteiger partial charge < -0.3 is 4.90 Å². The zero-order chi connectivity index (χ0) is 13.2. The second-order valence-electron chi connectivity index (χ2n) is 4.68. The molecule has 0 saturated carbocycles. The normalized spacial score (nSPS) is 15.8. The van der Waals surface area contributed by atoms with Crippen LogP contribution in [0.3, 0.4) is 0 Å². The van der Waals surface area contributed by atoms with E-state index in [1.807, 2.05) is 13.2 Å². The van der Waals surface area contributed by atoms with Gasteiger partial charge in [0.2, 0.25) is 11.2 Å². The quantitative estimate of drug-likeness (QED) is 0.840. The van der Waals surface area contributed by atoms with E-state index in [1.54, 1.807) is 10.9 Å². The summed E-state index contributed by atoms with van der Waals surface area (Å²) >= 11 is 6.01. The lowest BCUT2D eigenvalue weighted by molar-refractivity contribution is 0.567. The van der Waals surface area contributed by atoms with E-state index in [1.165, 1.54) is 19.3 Å². The summed E-state index contributed by atoms with van der Waals surface area (Å²) in [5.41, 5.74) is 0.852. The lowest BCUT2D eigenvalue weighted by Crippen LogP contribution is -2.31. The number of nitrogens with zero attached hydrogens (tertiary/aromatic N) is 6. The van der Waals surface area contributed by atoms with Crippen molar-refractivity contribution in [1.82, 2.24) is 24.7 Å². The first-order chi connectivity index (χ1) is 9.22. The summed E-state index contributed by atoms with van der Waals surface area (Å²) in [5, 5.41) is 4.36. The fourth-order valence-electron chi connectivity index (χ4n) is 2.24. The van der Waals surface area contributed by atoms with Gasteiger partial charge in [-0.25, -0.2) is 0 Å². The zero-order valence-electron chi connectivity index (χ0n) is 10.8. The Balaban J connectivity index is 1.95. The predicted molar refractivity (Wildman–Crippen MR) is 73.1 cm³/mol. The lowest BCUT2D eigenvalue weighted by Gasteiger charge is -2.26. The Morgan fingerprint density at radius 2 is 1.89 bits per heavy atom. The average Bonchev–Trinajstić information content (AvgIpc) is 2.86. The third kappa shape index (κ3) is 2.68. The minimum Gasteiger partial charge on any atom is -0.341 e. The van der Waals surface area contributed by atoms with E-state index in [4.69, 9.17) is 11.6 Å². The summed E-state index contributed by atoms with van der Waals surface area (Å²) in [6, 6.07) is 0. The summed E-state index contributed by atoms with van der Waals surface area (Å²) in [6.07, 6.45) is 7.21. The Labute approximate surface area is 116 Å². The number of aryl methyl sites for hydroxylation is 1. The first-order valence-corrected chi connectivity index (χ1v) is 6.76. The van der Waals surface area contributed by atoms with E-state index in [9.17, 15) is 0 Å². The number of anilines is 1. The molecule has 0 bridgehead atoms. The summed E-state index contributed by atoms with van der Waals surface area (Å²) in [4.78, 5) is 15.1. The van der Waals surface area contributed by atoms with Crippen LogP contribution in [0.2, 0.25) is 5.28 Å². The van der Waals surface area contributed by atoms with Crippen LogP contribution >= 0.6 is 11.6 Å². The van der Waals surface area contributed by atoms with Crippen molar-refractivity contribution >= 4 is 17.5 Å². The van der Waals surface area contributed by atoms with Gasteiger partial charge in [0.05, 0.1) is 11.8 Å². The van der Waals surface area contributed by atoms with Crippen molar-refractivity contribution in [2.45, 2.75) is 19.3 Å². The van der Waals surface area contributed by atoms with E-state index < -0.39 is 0 Å². The molecule has 3 heterocycles. The maximum atomic E-state index is 6.01. The van der Waals surface area contributed by atoms with E-state index in [-0.39, 0.29) is 5.28 Å². The molecule has 1 aliphatic heterocycles. The highest BCUT2D eigenvalue weighted by Gasteiger charge is 2.16. The maximum Gasteiger partial charge on any atom is 0.230 e. The SMILES string of the molecule is Cn1cc(-c2nc(Cl)nc(N3CCCCC3)n2)cn1. The van der Waals surface area contributed by atoms with Crippen LogP contribution in [-0.4, -0.2) is 37.8 Å². The van der Waals surface area contributed by atoms with E-state index >= 15 is 0 Å². The number of hydrogen-bond acceptors (Lipinski definition) is 5. The fraction of sp³-hybridized carbons (Fsp3) is 0.500. The largest absolute Gasteiger partial charge is 0.341 e. The molecule has 7 heteroatoms. The Morgan fingerprint density at radius 3 is 2.58 bits per heavy atom. The van der Waals surface area contributed by atoms with Crippen LogP contribution in [0.1, 0.15) is 19.3 Å². The van der Waals surface area contributed by atoms with Crippen LogP contribution < -0.4 is 4.90 Å². The molecular weight excluding hydrogens is 264 g/mol. The molecule has 1 fully saturated rings. The second-order valence-corrected chi connectivity index (χ2v) is 5.02. The average molecular weight is 279 g/mol. The van der Waals surface area contributed by atoms with Crippen molar-refractivity contribution < 1.29 is 0 Å². The molecule has 6 nitrogen and oxygen atoms in total. The van der Waals surface area contributed by atoms with Gasteiger partial charge >= 0.3 is 0 Å². The summed E-state index contributed by atoms with van der Waals surface area (Å²) in [5.74, 6) is 1.24. The van der Waals surface area contributed by atoms with Crippen LogP contribution in [0.25, 0.3) is 11.4 Å². The van der Waals surface area contributed by atoms with Crippen LogP contribution in [-0.2, 0) is 7.05 Å². The van der Waals surface area contributed by atoms with Crippen LogP contribution in [0, 0.1) is 0 Å². The number of halogens is 1. The van der Waals surface area contributed by atoms with Gasteiger partial charge in [-0.15, -0.1) is 0 Å². The molecule has 3 rings (SSSR count). The van der Waals surface area contributed by atoms with Crippen molar-refractivity contribution in [2.24, 2.45) is 7.05 Å². The van der Waals surface area contributed by atoms with Gasteiger partial charge in [-0.05, 0) is 30.9 Å². The highest BCUT2D eigenvalue weighted by atomic mass is 35.5. The molecule has 100 valence electrons. The fourth-order valence-corrected chi connectivity index (χ4v) is 2.40. The van der Waals surface area contributed by atoms with Crippen molar-refractivity contribution in [3.05, 3.63) is 17.7 Å². The number of piperidine rings is 1. The first-order valence-electron chi connectivity index (χ1n) is 6.38. The minimum absolute atomic E-state index is 0.231. The highest BCUT2D eigenvalue weighted by molar-refractivity contribution is 6.28. The van der Waals surface area contributed by atoms with Crippen molar-refractivity contribution in [3.8, 4) is 11.4 Å². The molecule has 1 saturated heterocycles. The van der Waals surface area contributed by atoms with Crippen molar-refractivity contribution in [1.29, 1.82) is 0 Å². The smallest absolute Gasteiger partial charge is 0.230 e. The van der Waals surface area contributed by atoms with E-state index in [0.717, 1.165) is 18.7 Å². The maximum absolute atomic E-state index is 6.01.